The number of hydrogen-bond acceptors (Lipinski definition) is 6. The molecule has 0 radical (unpaired) electrons. The van der Waals surface area contributed by atoms with Crippen molar-refractivity contribution < 1.29 is 18.3 Å². The molecule has 0 N–H and O–H groups in total. The maximum atomic E-state index is 12.9. The lowest BCUT2D eigenvalue weighted by Gasteiger charge is -2.13. The minimum Gasteiger partial charge on any atom is -0.493 e. The van der Waals surface area contributed by atoms with E-state index in [1.54, 1.807) is 18.2 Å². The van der Waals surface area contributed by atoms with Gasteiger partial charge in [-0.25, -0.2) is 9.59 Å². The molecule has 33 heavy (non-hydrogen) atoms. The Bertz CT molecular complexity index is 1600. The standard InChI is InChI=1S/C27H20O6/c1-16-22(31-15-17-7-4-3-5-8-17)12-11-19-20(14-24(28)32-25(16)19)21-13-18-9-6-10-23(30-2)26(18)33-27(21)29/h3-14H,15H2,1-2H3. The van der Waals surface area contributed by atoms with Crippen molar-refractivity contribution in [1.82, 2.24) is 0 Å². The van der Waals surface area contributed by atoms with Gasteiger partial charge in [0.15, 0.2) is 11.3 Å². The zero-order chi connectivity index (χ0) is 22.9. The smallest absolute Gasteiger partial charge is 0.344 e. The van der Waals surface area contributed by atoms with Crippen LogP contribution in [0.5, 0.6) is 11.5 Å². The van der Waals surface area contributed by atoms with Crippen LogP contribution in [-0.4, -0.2) is 7.11 Å². The van der Waals surface area contributed by atoms with E-state index in [4.69, 9.17) is 18.3 Å². The number of rotatable bonds is 5. The molecule has 164 valence electrons. The van der Waals surface area contributed by atoms with E-state index in [1.807, 2.05) is 55.5 Å². The Kier molecular flexibility index (Phi) is 5.18. The fraction of sp³-hybridized carbons (Fsp3) is 0.111. The van der Waals surface area contributed by atoms with Crippen LogP contribution in [0.1, 0.15) is 11.1 Å². The molecule has 0 aliphatic heterocycles. The van der Waals surface area contributed by atoms with Crippen molar-refractivity contribution >= 4 is 21.9 Å². The number of benzene rings is 3. The topological polar surface area (TPSA) is 78.9 Å². The van der Waals surface area contributed by atoms with E-state index in [2.05, 4.69) is 0 Å². The van der Waals surface area contributed by atoms with Gasteiger partial charge >= 0.3 is 11.3 Å². The molecule has 2 heterocycles. The molecule has 0 aliphatic carbocycles. The average molecular weight is 440 g/mol. The second kappa shape index (κ2) is 8.31. The van der Waals surface area contributed by atoms with Gasteiger partial charge in [0.1, 0.15) is 17.9 Å². The van der Waals surface area contributed by atoms with Crippen LogP contribution < -0.4 is 20.7 Å². The highest BCUT2D eigenvalue weighted by Crippen LogP contribution is 2.34. The molecule has 5 rings (SSSR count). The quantitative estimate of drug-likeness (QED) is 0.338. The minimum atomic E-state index is -0.569. The van der Waals surface area contributed by atoms with Crippen LogP contribution >= 0.6 is 0 Å². The fourth-order valence-electron chi connectivity index (χ4n) is 3.92. The molecule has 6 nitrogen and oxygen atoms in total. The molecule has 0 aliphatic rings. The van der Waals surface area contributed by atoms with Gasteiger partial charge in [-0.2, -0.15) is 0 Å². The molecule has 0 fully saturated rings. The predicted octanol–water partition coefficient (Wildman–Crippen LogP) is 5.46. The molecule has 0 amide bonds. The van der Waals surface area contributed by atoms with Crippen LogP contribution in [0, 0.1) is 6.92 Å². The van der Waals surface area contributed by atoms with E-state index in [-0.39, 0.29) is 5.56 Å². The molecule has 0 saturated carbocycles. The van der Waals surface area contributed by atoms with E-state index in [1.165, 1.54) is 13.2 Å². The highest BCUT2D eigenvalue weighted by Gasteiger charge is 2.17. The van der Waals surface area contributed by atoms with E-state index >= 15 is 0 Å². The number of fused-ring (bicyclic) bond motifs is 2. The third-order valence-electron chi connectivity index (χ3n) is 5.58. The van der Waals surface area contributed by atoms with Gasteiger partial charge in [0, 0.05) is 28.0 Å². The van der Waals surface area contributed by atoms with Crippen molar-refractivity contribution in [3.05, 3.63) is 105 Å². The number of aryl methyl sites for hydroxylation is 1. The van der Waals surface area contributed by atoms with Crippen LogP contribution in [0.25, 0.3) is 33.1 Å². The van der Waals surface area contributed by atoms with Crippen molar-refractivity contribution in [1.29, 1.82) is 0 Å². The lowest BCUT2D eigenvalue weighted by atomic mass is 10.0. The second-order valence-electron chi connectivity index (χ2n) is 7.64. The van der Waals surface area contributed by atoms with Crippen LogP contribution in [0.15, 0.2) is 91.2 Å². The number of hydrogen-bond donors (Lipinski definition) is 0. The molecule has 3 aromatic carbocycles. The maximum absolute atomic E-state index is 12.9. The zero-order valence-electron chi connectivity index (χ0n) is 18.1. The normalized spacial score (nSPS) is 11.1. The van der Waals surface area contributed by atoms with Crippen molar-refractivity contribution in [3.8, 4) is 22.6 Å². The van der Waals surface area contributed by atoms with E-state index < -0.39 is 11.3 Å². The van der Waals surface area contributed by atoms with Gasteiger partial charge in [0.2, 0.25) is 0 Å². The first-order valence-electron chi connectivity index (χ1n) is 10.4. The fourth-order valence-corrected chi connectivity index (χ4v) is 3.92. The molecule has 6 heteroatoms. The maximum Gasteiger partial charge on any atom is 0.344 e. The van der Waals surface area contributed by atoms with Crippen LogP contribution in [0.4, 0.5) is 0 Å². The zero-order valence-corrected chi connectivity index (χ0v) is 18.1. The summed E-state index contributed by atoms with van der Waals surface area (Å²) in [6, 6.07) is 21.7. The molecule has 2 aromatic heterocycles. The van der Waals surface area contributed by atoms with Crippen molar-refractivity contribution in [2.75, 3.05) is 7.11 Å². The summed E-state index contributed by atoms with van der Waals surface area (Å²) in [5.41, 5.74) is 2.00. The monoisotopic (exact) mass is 440 g/mol. The largest absolute Gasteiger partial charge is 0.493 e. The Balaban J connectivity index is 1.64. The Hall–Kier alpha value is -4.32. The Morgan fingerprint density at radius 2 is 1.61 bits per heavy atom. The third kappa shape index (κ3) is 3.76. The summed E-state index contributed by atoms with van der Waals surface area (Å²) in [7, 11) is 1.51. The van der Waals surface area contributed by atoms with Gasteiger partial charge in [-0.3, -0.25) is 0 Å². The predicted molar refractivity (Wildman–Crippen MR) is 126 cm³/mol. The lowest BCUT2D eigenvalue weighted by Crippen LogP contribution is -2.07. The molecule has 0 atom stereocenters. The van der Waals surface area contributed by atoms with Gasteiger partial charge < -0.3 is 18.3 Å². The SMILES string of the molecule is COc1cccc2cc(-c3cc(=O)oc4c(C)c(OCc5ccccc5)ccc34)c(=O)oc12. The Morgan fingerprint density at radius 1 is 0.788 bits per heavy atom. The number of ether oxygens (including phenoxy) is 2. The van der Waals surface area contributed by atoms with Gasteiger partial charge in [0.25, 0.3) is 0 Å². The first-order chi connectivity index (χ1) is 16.0. The van der Waals surface area contributed by atoms with Gasteiger partial charge in [-0.1, -0.05) is 42.5 Å². The Labute approximate surface area is 188 Å². The molecule has 0 saturated heterocycles. The summed E-state index contributed by atoms with van der Waals surface area (Å²) in [4.78, 5) is 25.3. The van der Waals surface area contributed by atoms with Crippen LogP contribution in [-0.2, 0) is 6.61 Å². The summed E-state index contributed by atoms with van der Waals surface area (Å²) in [6.45, 7) is 2.20. The summed E-state index contributed by atoms with van der Waals surface area (Å²) < 4.78 is 22.3. The molecule has 5 aromatic rings. The van der Waals surface area contributed by atoms with Gasteiger partial charge in [0.05, 0.1) is 12.7 Å². The van der Waals surface area contributed by atoms with E-state index in [0.29, 0.717) is 51.2 Å². The summed E-state index contributed by atoms with van der Waals surface area (Å²) >= 11 is 0. The highest BCUT2D eigenvalue weighted by molar-refractivity contribution is 5.97. The average Bonchev–Trinajstić information content (AvgIpc) is 2.83. The molecule has 0 spiro atoms. The first kappa shape index (κ1) is 20.6. The van der Waals surface area contributed by atoms with E-state index in [9.17, 15) is 9.59 Å². The van der Waals surface area contributed by atoms with Crippen molar-refractivity contribution in [2.24, 2.45) is 0 Å². The molecular weight excluding hydrogens is 420 g/mol. The first-order valence-corrected chi connectivity index (χ1v) is 10.4. The number of para-hydroxylation sites is 1. The summed E-state index contributed by atoms with van der Waals surface area (Å²) in [6.07, 6.45) is 0. The molecular formula is C27H20O6. The highest BCUT2D eigenvalue weighted by atomic mass is 16.5. The number of methoxy groups -OCH3 is 1. The molecule has 0 bridgehead atoms. The van der Waals surface area contributed by atoms with Crippen molar-refractivity contribution in [3.63, 3.8) is 0 Å². The summed E-state index contributed by atoms with van der Waals surface area (Å²) in [5, 5.41) is 1.30. The third-order valence-corrected chi connectivity index (χ3v) is 5.58. The minimum absolute atomic E-state index is 0.269. The van der Waals surface area contributed by atoms with Crippen LogP contribution in [0.3, 0.4) is 0 Å². The van der Waals surface area contributed by atoms with Gasteiger partial charge in [-0.15, -0.1) is 0 Å². The van der Waals surface area contributed by atoms with Crippen LogP contribution in [0.2, 0.25) is 0 Å². The molecule has 0 unspecified atom stereocenters. The summed E-state index contributed by atoms with van der Waals surface area (Å²) in [5.74, 6) is 1.06. The Morgan fingerprint density at radius 3 is 2.39 bits per heavy atom. The van der Waals surface area contributed by atoms with Gasteiger partial charge in [-0.05, 0) is 36.8 Å². The van der Waals surface area contributed by atoms with E-state index in [0.717, 1.165) is 5.56 Å². The lowest BCUT2D eigenvalue weighted by molar-refractivity contribution is 0.304. The second-order valence-corrected chi connectivity index (χ2v) is 7.64. The van der Waals surface area contributed by atoms with Crippen molar-refractivity contribution in [2.45, 2.75) is 13.5 Å².